The molecule has 0 unspecified atom stereocenters. The van der Waals surface area contributed by atoms with E-state index in [2.05, 4.69) is 20.3 Å². The molecule has 0 saturated heterocycles. The summed E-state index contributed by atoms with van der Waals surface area (Å²) in [4.78, 5) is 12.2. The molecule has 3 aromatic heterocycles. The zero-order valence-corrected chi connectivity index (χ0v) is 12.4. The number of fused-ring (bicyclic) bond motifs is 1. The number of rotatable bonds is 4. The molecule has 0 radical (unpaired) electrons. The van der Waals surface area contributed by atoms with Gasteiger partial charge in [0.2, 0.25) is 0 Å². The van der Waals surface area contributed by atoms with Crippen molar-refractivity contribution in [1.29, 1.82) is 0 Å². The fraction of sp³-hybridized carbons (Fsp3) is 0.0588. The van der Waals surface area contributed by atoms with Crippen LogP contribution in [0.5, 0.6) is 5.75 Å². The van der Waals surface area contributed by atoms with Crippen LogP contribution < -0.4 is 10.1 Å². The molecule has 6 nitrogen and oxygen atoms in total. The van der Waals surface area contributed by atoms with Gasteiger partial charge in [-0.2, -0.15) is 0 Å². The van der Waals surface area contributed by atoms with Gasteiger partial charge >= 0.3 is 0 Å². The zero-order chi connectivity index (χ0) is 15.6. The first-order chi connectivity index (χ1) is 11.3. The SMILES string of the molecule is COc1cccc(Nc2nccc3[nH]c(-c4ccco4)nc23)c1. The molecule has 4 rings (SSSR count). The summed E-state index contributed by atoms with van der Waals surface area (Å²) in [5.74, 6) is 2.81. The van der Waals surface area contributed by atoms with E-state index in [0.29, 0.717) is 17.4 Å². The number of pyridine rings is 1. The number of nitrogens with zero attached hydrogens (tertiary/aromatic N) is 2. The van der Waals surface area contributed by atoms with Gasteiger partial charge in [-0.15, -0.1) is 0 Å². The van der Waals surface area contributed by atoms with Crippen LogP contribution >= 0.6 is 0 Å². The second-order valence-electron chi connectivity index (χ2n) is 4.98. The van der Waals surface area contributed by atoms with Gasteiger partial charge in [0.1, 0.15) is 11.3 Å². The number of aromatic amines is 1. The van der Waals surface area contributed by atoms with Crippen LogP contribution in [-0.2, 0) is 0 Å². The van der Waals surface area contributed by atoms with Crippen molar-refractivity contribution < 1.29 is 9.15 Å². The first-order valence-electron chi connectivity index (χ1n) is 7.13. The van der Waals surface area contributed by atoms with E-state index in [9.17, 15) is 0 Å². The minimum atomic E-state index is 0.671. The van der Waals surface area contributed by atoms with E-state index in [1.807, 2.05) is 42.5 Å². The number of nitrogens with one attached hydrogen (secondary N) is 2. The number of anilines is 2. The molecule has 0 bridgehead atoms. The average Bonchev–Trinajstić information content (AvgIpc) is 3.24. The smallest absolute Gasteiger partial charge is 0.174 e. The van der Waals surface area contributed by atoms with E-state index < -0.39 is 0 Å². The molecular formula is C17H14N4O2. The Labute approximate surface area is 132 Å². The second-order valence-corrected chi connectivity index (χ2v) is 4.98. The van der Waals surface area contributed by atoms with Crippen LogP contribution in [0, 0.1) is 0 Å². The van der Waals surface area contributed by atoms with Crippen molar-refractivity contribution in [3.8, 4) is 17.3 Å². The number of benzene rings is 1. The molecule has 0 aliphatic carbocycles. The molecule has 0 aliphatic heterocycles. The zero-order valence-electron chi connectivity index (χ0n) is 12.4. The number of aromatic nitrogens is 3. The van der Waals surface area contributed by atoms with Gasteiger partial charge in [-0.25, -0.2) is 9.97 Å². The van der Waals surface area contributed by atoms with Gasteiger partial charge in [0.25, 0.3) is 0 Å². The van der Waals surface area contributed by atoms with E-state index in [1.165, 1.54) is 0 Å². The first kappa shape index (κ1) is 13.4. The lowest BCUT2D eigenvalue weighted by Gasteiger charge is -2.07. The van der Waals surface area contributed by atoms with Gasteiger partial charge in [-0.3, -0.25) is 0 Å². The lowest BCUT2D eigenvalue weighted by Crippen LogP contribution is -1.95. The molecule has 1 aromatic carbocycles. The number of hydrogen-bond donors (Lipinski definition) is 2. The molecule has 114 valence electrons. The van der Waals surface area contributed by atoms with E-state index in [4.69, 9.17) is 9.15 Å². The second kappa shape index (κ2) is 5.49. The summed E-state index contributed by atoms with van der Waals surface area (Å²) < 4.78 is 10.6. The maximum Gasteiger partial charge on any atom is 0.174 e. The first-order valence-corrected chi connectivity index (χ1v) is 7.13. The summed E-state index contributed by atoms with van der Waals surface area (Å²) in [7, 11) is 1.64. The Morgan fingerprint density at radius 3 is 2.96 bits per heavy atom. The van der Waals surface area contributed by atoms with Crippen LogP contribution in [0.4, 0.5) is 11.5 Å². The van der Waals surface area contributed by atoms with Gasteiger partial charge in [0.05, 0.1) is 18.9 Å². The highest BCUT2D eigenvalue weighted by Crippen LogP contribution is 2.27. The Balaban J connectivity index is 1.74. The van der Waals surface area contributed by atoms with Crippen LogP contribution in [0.3, 0.4) is 0 Å². The predicted octanol–water partition coefficient (Wildman–Crippen LogP) is 3.97. The van der Waals surface area contributed by atoms with Crippen LogP contribution in [0.1, 0.15) is 0 Å². The minimum absolute atomic E-state index is 0.671. The highest BCUT2D eigenvalue weighted by Gasteiger charge is 2.12. The molecule has 2 N–H and O–H groups in total. The number of hydrogen-bond acceptors (Lipinski definition) is 5. The molecule has 0 saturated carbocycles. The third-order valence-electron chi connectivity index (χ3n) is 3.49. The van der Waals surface area contributed by atoms with Gasteiger partial charge in [0.15, 0.2) is 17.4 Å². The summed E-state index contributed by atoms with van der Waals surface area (Å²) in [6.45, 7) is 0. The van der Waals surface area contributed by atoms with E-state index >= 15 is 0 Å². The molecule has 0 fully saturated rings. The normalized spacial score (nSPS) is 10.8. The summed E-state index contributed by atoms with van der Waals surface area (Å²) in [6.07, 6.45) is 3.35. The quantitative estimate of drug-likeness (QED) is 0.596. The number of imidazole rings is 1. The topological polar surface area (TPSA) is 76.0 Å². The molecule has 0 spiro atoms. The molecule has 0 amide bonds. The Hall–Kier alpha value is -3.28. The Kier molecular flexibility index (Phi) is 3.20. The highest BCUT2D eigenvalue weighted by molar-refractivity contribution is 5.89. The Bertz CT molecular complexity index is 944. The lowest BCUT2D eigenvalue weighted by molar-refractivity contribution is 0.415. The summed E-state index contributed by atoms with van der Waals surface area (Å²) in [5.41, 5.74) is 2.52. The van der Waals surface area contributed by atoms with E-state index in [0.717, 1.165) is 22.5 Å². The van der Waals surface area contributed by atoms with Crippen molar-refractivity contribution in [2.24, 2.45) is 0 Å². The third-order valence-corrected chi connectivity index (χ3v) is 3.49. The van der Waals surface area contributed by atoms with Crippen LogP contribution in [0.25, 0.3) is 22.6 Å². The number of ether oxygens (including phenoxy) is 1. The molecule has 0 aliphatic rings. The highest BCUT2D eigenvalue weighted by atomic mass is 16.5. The molecule has 4 aromatic rings. The van der Waals surface area contributed by atoms with Gasteiger partial charge in [0, 0.05) is 18.0 Å². The van der Waals surface area contributed by atoms with Crippen molar-refractivity contribution in [2.75, 3.05) is 12.4 Å². The molecule has 0 atom stereocenters. The fourth-order valence-electron chi connectivity index (χ4n) is 2.39. The van der Waals surface area contributed by atoms with Crippen LogP contribution in [-0.4, -0.2) is 22.1 Å². The fourth-order valence-corrected chi connectivity index (χ4v) is 2.39. The molecule has 6 heteroatoms. The van der Waals surface area contributed by atoms with Gasteiger partial charge in [-0.1, -0.05) is 6.07 Å². The molecule has 23 heavy (non-hydrogen) atoms. The minimum Gasteiger partial charge on any atom is -0.497 e. The van der Waals surface area contributed by atoms with Crippen molar-refractivity contribution in [2.45, 2.75) is 0 Å². The van der Waals surface area contributed by atoms with Crippen LogP contribution in [0.2, 0.25) is 0 Å². The predicted molar refractivity (Wildman–Crippen MR) is 87.9 cm³/mol. The Morgan fingerprint density at radius 2 is 2.13 bits per heavy atom. The summed E-state index contributed by atoms with van der Waals surface area (Å²) >= 11 is 0. The largest absolute Gasteiger partial charge is 0.497 e. The average molecular weight is 306 g/mol. The van der Waals surface area contributed by atoms with E-state index in [-0.39, 0.29) is 0 Å². The maximum atomic E-state index is 5.39. The van der Waals surface area contributed by atoms with Crippen molar-refractivity contribution in [1.82, 2.24) is 15.0 Å². The number of methoxy groups -OCH3 is 1. The van der Waals surface area contributed by atoms with Crippen molar-refractivity contribution in [3.63, 3.8) is 0 Å². The molecule has 3 heterocycles. The van der Waals surface area contributed by atoms with Crippen molar-refractivity contribution >= 4 is 22.5 Å². The lowest BCUT2D eigenvalue weighted by atomic mass is 10.3. The van der Waals surface area contributed by atoms with Gasteiger partial charge < -0.3 is 19.5 Å². The van der Waals surface area contributed by atoms with E-state index in [1.54, 1.807) is 19.6 Å². The summed E-state index contributed by atoms with van der Waals surface area (Å²) in [6, 6.07) is 13.2. The maximum absolute atomic E-state index is 5.39. The monoisotopic (exact) mass is 306 g/mol. The standard InChI is InChI=1S/C17H14N4O2/c1-22-12-5-2-4-11(10-12)19-17-15-13(7-8-18-17)20-16(21-15)14-6-3-9-23-14/h2-10H,1H3,(H,18,19)(H,20,21). The Morgan fingerprint density at radius 1 is 1.17 bits per heavy atom. The third kappa shape index (κ3) is 2.50. The number of H-pyrrole nitrogens is 1. The van der Waals surface area contributed by atoms with Gasteiger partial charge in [-0.05, 0) is 30.3 Å². The van der Waals surface area contributed by atoms with Crippen molar-refractivity contribution in [3.05, 3.63) is 54.9 Å². The molecular weight excluding hydrogens is 292 g/mol. The summed E-state index contributed by atoms with van der Waals surface area (Å²) in [5, 5.41) is 3.28. The van der Waals surface area contributed by atoms with Crippen LogP contribution in [0.15, 0.2) is 59.3 Å². The number of furan rings is 1.